The molecule has 15 heteroatoms. The quantitative estimate of drug-likeness (QED) is 0.216. The number of hydrogen-bond donors (Lipinski definition) is 0. The van der Waals surface area contributed by atoms with E-state index in [0.29, 0.717) is 17.1 Å². The zero-order valence-corrected chi connectivity index (χ0v) is 38.2. The summed E-state index contributed by atoms with van der Waals surface area (Å²) in [6.45, 7) is 0. The molecule has 0 aliphatic heterocycles. The summed E-state index contributed by atoms with van der Waals surface area (Å²) >= 11 is 0. The molecule has 0 fully saturated rings. The predicted molar refractivity (Wildman–Crippen MR) is 315 cm³/mol. The van der Waals surface area contributed by atoms with Crippen LogP contribution in [-0.2, 0) is 0 Å². The average molecular weight is 867 g/mol. The number of nitrogens with zero attached hydrogens (tertiary/aromatic N) is 1. The maximum Gasteiger partial charge on any atom is 0.143 e. The second-order valence-corrected chi connectivity index (χ2v) is 17.6. The van der Waals surface area contributed by atoms with Gasteiger partial charge >= 0.3 is 0 Å². The zero-order chi connectivity index (χ0) is 49.7. The summed E-state index contributed by atoms with van der Waals surface area (Å²) in [6.07, 6.45) is 0. The highest BCUT2D eigenvalue weighted by atomic mass is 16.3. The first-order valence-corrected chi connectivity index (χ1v) is 22.5. The van der Waals surface area contributed by atoms with Gasteiger partial charge in [-0.2, -0.15) is 0 Å². The fraction of sp³-hybridized carbons (Fsp3) is 0. The molecule has 71 heavy (non-hydrogen) atoms. The molecule has 0 spiro atoms. The summed E-state index contributed by atoms with van der Waals surface area (Å²) in [4.78, 5) is 1.96. The highest BCUT2D eigenvalue weighted by Gasteiger charge is 2.28. The third-order valence-electron chi connectivity index (χ3n) is 13.7. The van der Waals surface area contributed by atoms with Crippen molar-refractivity contribution in [3.05, 3.63) is 146 Å². The van der Waals surface area contributed by atoms with E-state index in [0.717, 1.165) is 65.7 Å². The molecule has 0 bridgehead atoms. The monoisotopic (exact) mass is 869 g/mol. The summed E-state index contributed by atoms with van der Waals surface area (Å²) in [5.41, 5.74) is 7.16. The SMILES string of the molecule is [B]c1c([B])c([B])c(-c2c([B])c([B])c(-c3c([B])c([B])c(N(c4ccc(-c5ccc6ccccc6c5)cc4)c4ccccc4-c4cccc5oc6c7ccccc7ccc6c45)c([B])c3[B])c([B])c2[B])c([B])c1[B]. The van der Waals surface area contributed by atoms with Gasteiger partial charge in [0.1, 0.15) is 113 Å². The van der Waals surface area contributed by atoms with Crippen LogP contribution in [0.3, 0.4) is 0 Å². The largest absolute Gasteiger partial charge is 0.455 e. The smallest absolute Gasteiger partial charge is 0.143 e. The summed E-state index contributed by atoms with van der Waals surface area (Å²) in [5, 5.41) is 6.23. The number of furan rings is 1. The number of para-hydroxylation sites is 1. The van der Waals surface area contributed by atoms with Gasteiger partial charge in [-0.3, -0.25) is 0 Å². The van der Waals surface area contributed by atoms with Gasteiger partial charge in [-0.05, 0) is 91.5 Å². The lowest BCUT2D eigenvalue weighted by molar-refractivity contribution is 0.673. The number of benzene rings is 10. The lowest BCUT2D eigenvalue weighted by atomic mass is 9.55. The van der Waals surface area contributed by atoms with Crippen LogP contribution in [0.2, 0.25) is 0 Å². The minimum Gasteiger partial charge on any atom is -0.455 e. The molecule has 0 unspecified atom stereocenters. The van der Waals surface area contributed by atoms with Gasteiger partial charge in [0.05, 0.1) is 5.69 Å². The molecule has 0 saturated carbocycles. The van der Waals surface area contributed by atoms with E-state index in [4.69, 9.17) is 106 Å². The lowest BCUT2D eigenvalue weighted by Crippen LogP contribution is -2.57. The van der Waals surface area contributed by atoms with Crippen molar-refractivity contribution in [3.63, 3.8) is 0 Å². The van der Waals surface area contributed by atoms with Gasteiger partial charge in [-0.15, -0.1) is 16.4 Å². The van der Waals surface area contributed by atoms with E-state index in [-0.39, 0.29) is 93.3 Å². The van der Waals surface area contributed by atoms with Gasteiger partial charge in [-0.1, -0.05) is 164 Å². The van der Waals surface area contributed by atoms with E-state index in [1.165, 1.54) is 0 Å². The third-order valence-corrected chi connectivity index (χ3v) is 13.7. The van der Waals surface area contributed by atoms with E-state index >= 15 is 0 Å². The first kappa shape index (κ1) is 46.5. The fourth-order valence-corrected chi connectivity index (χ4v) is 10.0. The Morgan fingerprint density at radius 3 is 1.41 bits per heavy atom. The first-order valence-electron chi connectivity index (χ1n) is 22.5. The molecule has 0 N–H and O–H groups in total. The van der Waals surface area contributed by atoms with Crippen LogP contribution < -0.4 is 75.9 Å². The van der Waals surface area contributed by atoms with E-state index in [9.17, 15) is 0 Å². The molecular weight excluding hydrogens is 843 g/mol. The van der Waals surface area contributed by atoms with Crippen molar-refractivity contribution in [3.8, 4) is 44.5 Å². The van der Waals surface area contributed by atoms with Gasteiger partial charge in [-0.25, -0.2) is 0 Å². The molecule has 0 saturated heterocycles. The molecule has 0 aliphatic carbocycles. The highest BCUT2D eigenvalue weighted by Crippen LogP contribution is 2.45. The van der Waals surface area contributed by atoms with Crippen molar-refractivity contribution < 1.29 is 4.42 Å². The van der Waals surface area contributed by atoms with Crippen LogP contribution in [0.5, 0.6) is 0 Å². The van der Waals surface area contributed by atoms with Gasteiger partial charge in [0, 0.05) is 33.1 Å². The molecule has 0 amide bonds. The van der Waals surface area contributed by atoms with Gasteiger partial charge in [0.15, 0.2) is 0 Å². The van der Waals surface area contributed by atoms with Gasteiger partial charge in [0.25, 0.3) is 0 Å². The Kier molecular flexibility index (Phi) is 11.7. The molecule has 298 valence electrons. The Bertz CT molecular complexity index is 3970. The van der Waals surface area contributed by atoms with Gasteiger partial charge in [0.2, 0.25) is 0 Å². The molecular formula is C56H24B13NO. The van der Waals surface area contributed by atoms with Crippen molar-refractivity contribution in [1.82, 2.24) is 0 Å². The summed E-state index contributed by atoms with van der Waals surface area (Å²) < 4.78 is 6.65. The van der Waals surface area contributed by atoms with Crippen molar-refractivity contribution in [2.75, 3.05) is 4.90 Å². The topological polar surface area (TPSA) is 16.4 Å². The maximum atomic E-state index is 7.28. The third kappa shape index (κ3) is 7.28. The van der Waals surface area contributed by atoms with Crippen molar-refractivity contribution in [1.29, 1.82) is 0 Å². The Balaban J connectivity index is 1.14. The molecule has 0 aliphatic rings. The summed E-state index contributed by atoms with van der Waals surface area (Å²) in [5.74, 6) is 0. The van der Waals surface area contributed by atoms with Crippen LogP contribution in [0.1, 0.15) is 0 Å². The maximum absolute atomic E-state index is 7.28. The van der Waals surface area contributed by atoms with Gasteiger partial charge < -0.3 is 9.32 Å². The van der Waals surface area contributed by atoms with Crippen LogP contribution in [-0.4, -0.2) is 102 Å². The Morgan fingerprint density at radius 2 is 0.789 bits per heavy atom. The molecule has 0 atom stereocenters. The second-order valence-electron chi connectivity index (χ2n) is 17.6. The lowest BCUT2D eigenvalue weighted by Gasteiger charge is -2.35. The zero-order valence-electron chi connectivity index (χ0n) is 38.2. The number of hydrogen-bond acceptors (Lipinski definition) is 2. The Morgan fingerprint density at radius 1 is 0.324 bits per heavy atom. The Labute approximate surface area is 430 Å². The second kappa shape index (κ2) is 17.8. The molecule has 1 heterocycles. The van der Waals surface area contributed by atoms with Crippen molar-refractivity contribution >= 4 is 234 Å². The van der Waals surface area contributed by atoms with E-state index in [1.807, 2.05) is 89.8 Å². The minimum absolute atomic E-state index is 0.00160. The molecule has 2 nitrogen and oxygen atoms in total. The minimum atomic E-state index is -0.0656. The molecule has 11 aromatic rings. The summed E-state index contributed by atoms with van der Waals surface area (Å²) in [7, 11) is 87.8. The van der Waals surface area contributed by atoms with Crippen molar-refractivity contribution in [2.24, 2.45) is 0 Å². The molecule has 11 rings (SSSR count). The molecule has 10 aromatic carbocycles. The fourth-order valence-electron chi connectivity index (χ4n) is 10.0. The first-order chi connectivity index (χ1) is 34.2. The molecule has 26 radical (unpaired) electrons. The van der Waals surface area contributed by atoms with E-state index in [2.05, 4.69) is 60.7 Å². The summed E-state index contributed by atoms with van der Waals surface area (Å²) in [6, 6.07) is 49.1. The normalized spacial score (nSPS) is 11.5. The van der Waals surface area contributed by atoms with Crippen LogP contribution >= 0.6 is 0 Å². The van der Waals surface area contributed by atoms with Crippen molar-refractivity contribution in [2.45, 2.75) is 0 Å². The average Bonchev–Trinajstić information content (AvgIpc) is 3.79. The van der Waals surface area contributed by atoms with E-state index in [1.54, 1.807) is 0 Å². The number of rotatable bonds is 7. The van der Waals surface area contributed by atoms with E-state index < -0.39 is 0 Å². The standard InChI is InChI=1S/C56H24B13NO/c57-42-38(40-46(61)50(65)52(67)51(66)47(40)62)43(58)45(60)39(44(42)59)41-48(63)53(68)55(54(69)49(41)64)70(30-21-18-26(19-22-30)29-17-16-25-8-1-2-10-28(25)24-29)35-14-6-5-12-32(35)33-13-7-15-36-37(33)34-23-20-27-9-3-4-11-31(27)56(34)71-36/h1-24H. The predicted octanol–water partition coefficient (Wildman–Crippen LogP) is 0.350. The number of fused-ring (bicyclic) bond motifs is 6. The molecule has 1 aromatic heterocycles. The Hall–Kier alpha value is -6.84. The van der Waals surface area contributed by atoms with Crippen LogP contribution in [0, 0.1) is 0 Å². The highest BCUT2D eigenvalue weighted by molar-refractivity contribution is 6.72. The van der Waals surface area contributed by atoms with Crippen LogP contribution in [0.15, 0.2) is 150 Å². The van der Waals surface area contributed by atoms with Crippen LogP contribution in [0.4, 0.5) is 17.1 Å². The number of anilines is 3. The van der Waals surface area contributed by atoms with Crippen LogP contribution in [0.25, 0.3) is 88.0 Å².